The standard InChI is InChI=1S/C57H35N5O/c1-3-15-36(16-4-1)38-29-31-45-43-21-7-10-25-48(43)61(50(45)34-38)56-58-55(41-20-13-19-40(33-41)42-24-14-28-53-54(42)47-23-9-12-27-52(47)63-53)59-57(60-56)62-49-26-11-8-22-44(49)46-32-30-39(35-51(46)62)37-17-5-2-6-18-37/h1-35H/i1D,2D,3D,4D,5D,6D,7D,8D,10D,11D,15D,16D,17D,18D,21D,22D,25D,26D,29D,30D,31D,32D,34D,35D. The average molecular weight is 830 g/mol. The molecule has 9 aromatic carbocycles. The molecule has 0 radical (unpaired) electrons. The molecule has 63 heavy (non-hydrogen) atoms. The monoisotopic (exact) mass is 829 g/mol. The Morgan fingerprint density at radius 2 is 0.905 bits per heavy atom. The summed E-state index contributed by atoms with van der Waals surface area (Å²) in [4.78, 5) is 14.7. The Bertz CT molecular complexity index is 5060. The lowest BCUT2D eigenvalue weighted by molar-refractivity contribution is 0.669. The fraction of sp³-hybridized carbons (Fsp3) is 0. The molecule has 0 aliphatic carbocycles. The maximum Gasteiger partial charge on any atom is 0.240 e. The normalized spacial score (nSPS) is 17.1. The molecule has 0 saturated carbocycles. The Kier molecular flexibility index (Phi) is 4.21. The predicted molar refractivity (Wildman–Crippen MR) is 258 cm³/mol. The van der Waals surface area contributed by atoms with Crippen LogP contribution in [0, 0.1) is 0 Å². The summed E-state index contributed by atoms with van der Waals surface area (Å²) in [6, 6.07) is -0.715. The third-order valence-electron chi connectivity index (χ3n) is 10.7. The van der Waals surface area contributed by atoms with Crippen molar-refractivity contribution in [1.29, 1.82) is 0 Å². The van der Waals surface area contributed by atoms with Gasteiger partial charge in [-0.25, -0.2) is 0 Å². The lowest BCUT2D eigenvalue weighted by Crippen LogP contribution is -2.10. The molecular weight excluding hydrogens is 771 g/mol. The minimum Gasteiger partial charge on any atom is -0.456 e. The fourth-order valence-electron chi connectivity index (χ4n) is 7.95. The van der Waals surface area contributed by atoms with Gasteiger partial charge in [-0.2, -0.15) is 15.0 Å². The first-order valence-corrected chi connectivity index (χ1v) is 19.2. The van der Waals surface area contributed by atoms with Crippen molar-refractivity contribution < 1.29 is 37.3 Å². The molecular formula is C57H35N5O. The molecule has 0 unspecified atom stereocenters. The number of hydrogen-bond acceptors (Lipinski definition) is 4. The number of nitrogens with zero attached hydrogens (tertiary/aromatic N) is 5. The van der Waals surface area contributed by atoms with E-state index >= 15 is 0 Å². The maximum absolute atomic E-state index is 10.0. The molecule has 0 N–H and O–H groups in total. The molecule has 4 heterocycles. The van der Waals surface area contributed by atoms with Crippen LogP contribution in [0.4, 0.5) is 0 Å². The van der Waals surface area contributed by atoms with E-state index in [9.17, 15) is 13.7 Å². The summed E-state index contributed by atoms with van der Waals surface area (Å²) >= 11 is 0. The molecule has 0 aliphatic rings. The second-order valence-electron chi connectivity index (χ2n) is 14.2. The summed E-state index contributed by atoms with van der Waals surface area (Å²) in [6.45, 7) is 0. The van der Waals surface area contributed by atoms with E-state index in [0.29, 0.717) is 22.3 Å². The van der Waals surface area contributed by atoms with Crippen LogP contribution in [0.1, 0.15) is 32.9 Å². The predicted octanol–water partition coefficient (Wildman–Crippen LogP) is 14.6. The number of fused-ring (bicyclic) bond motifs is 9. The smallest absolute Gasteiger partial charge is 0.240 e. The van der Waals surface area contributed by atoms with Gasteiger partial charge in [0, 0.05) is 37.9 Å². The summed E-state index contributed by atoms with van der Waals surface area (Å²) in [5.41, 5.74) is -2.45. The zero-order valence-corrected chi connectivity index (χ0v) is 32.0. The number of aromatic nitrogens is 5. The van der Waals surface area contributed by atoms with Gasteiger partial charge in [-0.15, -0.1) is 0 Å². The Morgan fingerprint density at radius 3 is 1.54 bits per heavy atom. The van der Waals surface area contributed by atoms with E-state index in [-0.39, 0.29) is 11.4 Å². The van der Waals surface area contributed by atoms with Gasteiger partial charge in [-0.05, 0) is 75.7 Å². The fourth-order valence-corrected chi connectivity index (χ4v) is 7.95. The van der Waals surface area contributed by atoms with E-state index in [1.54, 1.807) is 36.4 Å². The molecule has 294 valence electrons. The molecule has 4 aromatic heterocycles. The minimum atomic E-state index is -0.871. The lowest BCUT2D eigenvalue weighted by Gasteiger charge is -2.14. The molecule has 13 aromatic rings. The highest BCUT2D eigenvalue weighted by Gasteiger charge is 2.22. The molecule has 0 spiro atoms. The van der Waals surface area contributed by atoms with E-state index in [0.717, 1.165) is 19.9 Å². The summed E-state index contributed by atoms with van der Waals surface area (Å²) in [6.07, 6.45) is 0. The van der Waals surface area contributed by atoms with Crippen LogP contribution in [0.2, 0.25) is 0 Å². The molecule has 0 aliphatic heterocycles. The zero-order valence-electron chi connectivity index (χ0n) is 56.0. The van der Waals surface area contributed by atoms with Crippen LogP contribution >= 0.6 is 0 Å². The van der Waals surface area contributed by atoms with Gasteiger partial charge < -0.3 is 4.42 Å². The Hall–Kier alpha value is -8.61. The van der Waals surface area contributed by atoms with Gasteiger partial charge in [-0.3, -0.25) is 9.13 Å². The van der Waals surface area contributed by atoms with E-state index in [1.165, 1.54) is 0 Å². The van der Waals surface area contributed by atoms with E-state index in [4.69, 9.17) is 38.6 Å². The summed E-state index contributed by atoms with van der Waals surface area (Å²) in [7, 11) is 0. The first-order valence-electron chi connectivity index (χ1n) is 31.2. The maximum atomic E-state index is 10.0. The van der Waals surface area contributed by atoms with Crippen molar-refractivity contribution in [3.8, 4) is 56.7 Å². The van der Waals surface area contributed by atoms with Crippen LogP contribution in [-0.4, -0.2) is 24.1 Å². The van der Waals surface area contributed by atoms with Crippen LogP contribution in [0.15, 0.2) is 216 Å². The minimum absolute atomic E-state index is 0.147. The third-order valence-corrected chi connectivity index (χ3v) is 10.7. The average Bonchev–Trinajstić information content (AvgIpc) is 1.58. The van der Waals surface area contributed by atoms with Crippen LogP contribution < -0.4 is 0 Å². The van der Waals surface area contributed by atoms with E-state index < -0.39 is 223 Å². The van der Waals surface area contributed by atoms with Gasteiger partial charge >= 0.3 is 0 Å². The second-order valence-corrected chi connectivity index (χ2v) is 14.2. The highest BCUT2D eigenvalue weighted by Crippen LogP contribution is 2.40. The highest BCUT2D eigenvalue weighted by molar-refractivity contribution is 6.13. The largest absolute Gasteiger partial charge is 0.456 e. The Balaban J connectivity index is 1.25. The number of hydrogen-bond donors (Lipinski definition) is 0. The van der Waals surface area contributed by atoms with Crippen LogP contribution in [-0.2, 0) is 0 Å². The van der Waals surface area contributed by atoms with Crippen molar-refractivity contribution in [2.75, 3.05) is 0 Å². The Labute approximate surface area is 395 Å². The number of rotatable bonds is 6. The summed E-state index contributed by atoms with van der Waals surface area (Å²) in [5, 5.41) is -0.367. The number of furan rings is 1. The molecule has 6 nitrogen and oxygen atoms in total. The Morgan fingerprint density at radius 1 is 0.381 bits per heavy atom. The molecule has 13 rings (SSSR count). The van der Waals surface area contributed by atoms with Crippen LogP contribution in [0.3, 0.4) is 0 Å². The molecule has 0 fully saturated rings. The van der Waals surface area contributed by atoms with Gasteiger partial charge in [0.25, 0.3) is 0 Å². The number of para-hydroxylation sites is 3. The van der Waals surface area contributed by atoms with Crippen molar-refractivity contribution >= 4 is 65.6 Å². The molecule has 0 bridgehead atoms. The summed E-state index contributed by atoms with van der Waals surface area (Å²) < 4.78 is 226. The van der Waals surface area contributed by atoms with Crippen LogP contribution in [0.5, 0.6) is 0 Å². The van der Waals surface area contributed by atoms with Crippen molar-refractivity contribution in [3.63, 3.8) is 0 Å². The first kappa shape index (κ1) is 19.0. The van der Waals surface area contributed by atoms with Gasteiger partial charge in [0.05, 0.1) is 55.0 Å². The van der Waals surface area contributed by atoms with Gasteiger partial charge in [0.2, 0.25) is 11.9 Å². The zero-order chi connectivity index (χ0) is 62.3. The molecule has 0 atom stereocenters. The first-order chi connectivity index (χ1) is 41.2. The molecule has 0 saturated heterocycles. The van der Waals surface area contributed by atoms with E-state index in [1.807, 2.05) is 30.3 Å². The second kappa shape index (κ2) is 14.0. The molecule has 6 heteroatoms. The lowest BCUT2D eigenvalue weighted by atomic mass is 9.98. The summed E-state index contributed by atoms with van der Waals surface area (Å²) in [5.74, 6) is -1.72. The quantitative estimate of drug-likeness (QED) is 0.167. The van der Waals surface area contributed by atoms with Crippen molar-refractivity contribution in [3.05, 3.63) is 212 Å². The third kappa shape index (κ3) is 5.62. The number of benzene rings is 9. The molecule has 0 amide bonds. The van der Waals surface area contributed by atoms with E-state index in [2.05, 4.69) is 0 Å². The highest BCUT2D eigenvalue weighted by atomic mass is 16.3. The van der Waals surface area contributed by atoms with Crippen molar-refractivity contribution in [1.82, 2.24) is 24.1 Å². The van der Waals surface area contributed by atoms with Gasteiger partial charge in [0.1, 0.15) is 11.2 Å². The van der Waals surface area contributed by atoms with Crippen LogP contribution in [0.25, 0.3) is 122 Å². The van der Waals surface area contributed by atoms with Crippen molar-refractivity contribution in [2.45, 2.75) is 0 Å². The van der Waals surface area contributed by atoms with Gasteiger partial charge in [0.15, 0.2) is 5.82 Å². The van der Waals surface area contributed by atoms with Crippen molar-refractivity contribution in [2.24, 2.45) is 0 Å². The SMILES string of the molecule is [2H]c1c([2H])c([2H])c(-c2c([2H])c([2H])c3c4c([2H])c([2H])c([2H])c([2H])c4n(-c4nc(-c5cccc(-c6cccc7oc8ccccc8c67)c5)nc(-n5c6c([2H])c([2H])c([2H])c([2H])c6c6c([2H])c([2H])c(-c7c([2H])c([2H])c([2H])c([2H])c7[2H])c([2H])c65)n4)c3c2[2H])c([2H])c1[2H]. The van der Waals surface area contributed by atoms with Gasteiger partial charge in [-0.1, -0.05) is 169 Å². The topological polar surface area (TPSA) is 61.7 Å².